The second-order valence-electron chi connectivity index (χ2n) is 7.37. The van der Waals surface area contributed by atoms with E-state index < -0.39 is 5.95 Å². The first kappa shape index (κ1) is 21.7. The Morgan fingerprint density at radius 2 is 1.97 bits per heavy atom. The smallest absolute Gasteiger partial charge is 0.317 e. The normalized spacial score (nSPS) is 16.5. The summed E-state index contributed by atoms with van der Waals surface area (Å²) in [6.07, 6.45) is 4.34. The number of carbonyl (C=O) groups is 1. The van der Waals surface area contributed by atoms with Gasteiger partial charge in [-0.3, -0.25) is 4.98 Å². The number of amides is 2. The Kier molecular flexibility index (Phi) is 6.93. The first-order valence-corrected chi connectivity index (χ1v) is 10.2. The van der Waals surface area contributed by atoms with Gasteiger partial charge in [0.2, 0.25) is 5.95 Å². The largest absolute Gasteiger partial charge is 0.331 e. The summed E-state index contributed by atoms with van der Waals surface area (Å²) in [7, 11) is 3.90. The Morgan fingerprint density at radius 3 is 2.62 bits per heavy atom. The van der Waals surface area contributed by atoms with E-state index in [1.807, 2.05) is 14.0 Å². The SMILES string of the molecule is C[C@@H](NC(=O)N(C)C1CCN(C)CC1)c1ccc(-c2cncc(F)n2)c(Cl)c1Cl. The van der Waals surface area contributed by atoms with Crippen molar-refractivity contribution in [2.75, 3.05) is 27.2 Å². The number of urea groups is 1. The Balaban J connectivity index is 1.73. The van der Waals surface area contributed by atoms with Gasteiger partial charge in [0.05, 0.1) is 34.2 Å². The van der Waals surface area contributed by atoms with E-state index in [0.29, 0.717) is 21.8 Å². The summed E-state index contributed by atoms with van der Waals surface area (Å²) in [5, 5.41) is 3.52. The molecule has 1 aliphatic rings. The number of nitrogens with one attached hydrogen (secondary N) is 1. The lowest BCUT2D eigenvalue weighted by molar-refractivity contribution is 0.146. The van der Waals surface area contributed by atoms with Crippen molar-refractivity contribution in [1.82, 2.24) is 25.1 Å². The van der Waals surface area contributed by atoms with Crippen LogP contribution in [0.15, 0.2) is 24.5 Å². The van der Waals surface area contributed by atoms with Crippen LogP contribution in [0.25, 0.3) is 11.3 Å². The Bertz CT molecular complexity index is 889. The molecule has 6 nitrogen and oxygen atoms in total. The molecule has 0 aliphatic carbocycles. The molecule has 1 aliphatic heterocycles. The minimum absolute atomic E-state index is 0.153. The second-order valence-corrected chi connectivity index (χ2v) is 8.13. The van der Waals surface area contributed by atoms with E-state index in [-0.39, 0.29) is 23.1 Å². The number of halogens is 3. The minimum Gasteiger partial charge on any atom is -0.331 e. The van der Waals surface area contributed by atoms with Crippen molar-refractivity contribution in [2.24, 2.45) is 0 Å². The molecule has 1 N–H and O–H groups in total. The third-order valence-corrected chi connectivity index (χ3v) is 6.25. The predicted molar refractivity (Wildman–Crippen MR) is 113 cm³/mol. The molecule has 1 aromatic heterocycles. The van der Waals surface area contributed by atoms with Crippen LogP contribution in [0.4, 0.5) is 9.18 Å². The molecule has 0 spiro atoms. The van der Waals surface area contributed by atoms with Crippen LogP contribution in [-0.4, -0.2) is 59.0 Å². The molecule has 1 saturated heterocycles. The summed E-state index contributed by atoms with van der Waals surface area (Å²) >= 11 is 12.9. The predicted octanol–water partition coefficient (Wildman–Crippen LogP) is 4.39. The highest BCUT2D eigenvalue weighted by Crippen LogP contribution is 2.37. The lowest BCUT2D eigenvalue weighted by atomic mass is 10.0. The van der Waals surface area contributed by atoms with Crippen molar-refractivity contribution in [3.8, 4) is 11.3 Å². The van der Waals surface area contributed by atoms with Gasteiger partial charge < -0.3 is 15.1 Å². The average Bonchev–Trinajstić information content (AvgIpc) is 2.69. The zero-order valence-electron chi connectivity index (χ0n) is 16.6. The molecule has 9 heteroatoms. The maximum absolute atomic E-state index is 13.4. The van der Waals surface area contributed by atoms with Crippen LogP contribution in [0.3, 0.4) is 0 Å². The molecule has 2 heterocycles. The zero-order chi connectivity index (χ0) is 21.1. The van der Waals surface area contributed by atoms with Crippen LogP contribution in [-0.2, 0) is 0 Å². The number of rotatable bonds is 4. The number of hydrogen-bond donors (Lipinski definition) is 1. The van der Waals surface area contributed by atoms with Gasteiger partial charge in [0.1, 0.15) is 0 Å². The van der Waals surface area contributed by atoms with E-state index in [9.17, 15) is 9.18 Å². The topological polar surface area (TPSA) is 61.4 Å². The van der Waals surface area contributed by atoms with Crippen molar-refractivity contribution in [3.05, 3.63) is 46.1 Å². The van der Waals surface area contributed by atoms with E-state index in [0.717, 1.165) is 32.1 Å². The van der Waals surface area contributed by atoms with E-state index in [4.69, 9.17) is 23.2 Å². The molecular formula is C20H24Cl2FN5O. The number of nitrogens with zero attached hydrogens (tertiary/aromatic N) is 4. The van der Waals surface area contributed by atoms with E-state index >= 15 is 0 Å². The Hall–Kier alpha value is -1.96. The molecule has 1 atom stereocenters. The second kappa shape index (κ2) is 9.24. The summed E-state index contributed by atoms with van der Waals surface area (Å²) < 4.78 is 13.4. The fourth-order valence-electron chi connectivity index (χ4n) is 3.48. The van der Waals surface area contributed by atoms with Gasteiger partial charge in [-0.2, -0.15) is 4.39 Å². The molecule has 0 radical (unpaired) electrons. The lowest BCUT2D eigenvalue weighted by Crippen LogP contribution is -2.48. The average molecular weight is 440 g/mol. The van der Waals surface area contributed by atoms with Crippen LogP contribution in [0.2, 0.25) is 10.0 Å². The molecule has 0 saturated carbocycles. The third kappa shape index (κ3) is 4.97. The van der Waals surface area contributed by atoms with Crippen molar-refractivity contribution >= 4 is 29.2 Å². The molecule has 0 unspecified atom stereocenters. The fraction of sp³-hybridized carbons (Fsp3) is 0.450. The molecule has 2 aromatic rings. The first-order chi connectivity index (χ1) is 13.8. The fourth-order valence-corrected chi connectivity index (χ4v) is 4.08. The van der Waals surface area contributed by atoms with Crippen molar-refractivity contribution in [3.63, 3.8) is 0 Å². The van der Waals surface area contributed by atoms with Gasteiger partial charge in [-0.1, -0.05) is 35.3 Å². The number of carbonyl (C=O) groups excluding carboxylic acids is 1. The van der Waals surface area contributed by atoms with Gasteiger partial charge in [0.15, 0.2) is 0 Å². The number of aromatic nitrogens is 2. The Labute approximate surface area is 180 Å². The minimum atomic E-state index is -0.698. The summed E-state index contributed by atoms with van der Waals surface area (Å²) in [5.74, 6) is -0.698. The molecular weight excluding hydrogens is 416 g/mol. The third-order valence-electron chi connectivity index (χ3n) is 5.36. The quantitative estimate of drug-likeness (QED) is 0.767. The Morgan fingerprint density at radius 1 is 1.28 bits per heavy atom. The molecule has 1 aromatic carbocycles. The van der Waals surface area contributed by atoms with Crippen LogP contribution in [0.1, 0.15) is 31.4 Å². The van der Waals surface area contributed by atoms with Gasteiger partial charge >= 0.3 is 6.03 Å². The lowest BCUT2D eigenvalue weighted by Gasteiger charge is -2.35. The number of hydrogen-bond acceptors (Lipinski definition) is 4. The van der Waals surface area contributed by atoms with Gasteiger partial charge in [-0.15, -0.1) is 0 Å². The molecule has 2 amide bonds. The van der Waals surface area contributed by atoms with E-state index in [1.54, 1.807) is 17.0 Å². The molecule has 29 heavy (non-hydrogen) atoms. The van der Waals surface area contributed by atoms with Crippen LogP contribution >= 0.6 is 23.2 Å². The molecule has 156 valence electrons. The highest BCUT2D eigenvalue weighted by molar-refractivity contribution is 6.44. The van der Waals surface area contributed by atoms with Gasteiger partial charge in [0, 0.05) is 18.7 Å². The van der Waals surface area contributed by atoms with Crippen molar-refractivity contribution < 1.29 is 9.18 Å². The van der Waals surface area contributed by atoms with Gasteiger partial charge in [0.25, 0.3) is 0 Å². The molecule has 3 rings (SSSR count). The van der Waals surface area contributed by atoms with Gasteiger partial charge in [-0.05, 0) is 45.5 Å². The van der Waals surface area contributed by atoms with Crippen LogP contribution in [0, 0.1) is 5.95 Å². The maximum atomic E-state index is 13.4. The number of benzene rings is 1. The molecule has 0 bridgehead atoms. The van der Waals surface area contributed by atoms with Crippen molar-refractivity contribution in [1.29, 1.82) is 0 Å². The molecule has 1 fully saturated rings. The van der Waals surface area contributed by atoms with Crippen LogP contribution in [0.5, 0.6) is 0 Å². The standard InChI is InChI=1S/C20H24Cl2FN5O/c1-12(25-20(29)28(3)13-6-8-27(2)9-7-13)14-4-5-15(19(22)18(14)21)16-10-24-11-17(23)26-16/h4-5,10-13H,6-9H2,1-3H3,(H,25,29)/t12-/m1/s1. The summed E-state index contributed by atoms with van der Waals surface area (Å²) in [5.41, 5.74) is 1.45. The van der Waals surface area contributed by atoms with E-state index in [2.05, 4.69) is 27.2 Å². The van der Waals surface area contributed by atoms with E-state index in [1.165, 1.54) is 6.20 Å². The first-order valence-electron chi connectivity index (χ1n) is 9.45. The van der Waals surface area contributed by atoms with Crippen LogP contribution < -0.4 is 5.32 Å². The number of likely N-dealkylation sites (tertiary alicyclic amines) is 1. The van der Waals surface area contributed by atoms with Crippen molar-refractivity contribution in [2.45, 2.75) is 31.8 Å². The zero-order valence-corrected chi connectivity index (χ0v) is 18.1. The highest BCUT2D eigenvalue weighted by atomic mass is 35.5. The summed E-state index contributed by atoms with van der Waals surface area (Å²) in [4.78, 5) is 24.3. The maximum Gasteiger partial charge on any atom is 0.317 e. The number of piperidine rings is 1. The highest BCUT2D eigenvalue weighted by Gasteiger charge is 2.26. The monoisotopic (exact) mass is 439 g/mol. The summed E-state index contributed by atoms with van der Waals surface area (Å²) in [6, 6.07) is 3.17. The summed E-state index contributed by atoms with van der Waals surface area (Å²) in [6.45, 7) is 3.80. The van der Waals surface area contributed by atoms with Gasteiger partial charge in [-0.25, -0.2) is 9.78 Å².